The highest BCUT2D eigenvalue weighted by atomic mass is 16.6. The molecule has 0 saturated heterocycles. The summed E-state index contributed by atoms with van der Waals surface area (Å²) in [6.07, 6.45) is 0. The largest absolute Gasteiger partial charge is 0.380 e. The van der Waals surface area contributed by atoms with E-state index in [1.807, 2.05) is 13.8 Å². The maximum atomic E-state index is 10.9. The molecule has 15 heavy (non-hydrogen) atoms. The van der Waals surface area contributed by atoms with Gasteiger partial charge in [0.25, 0.3) is 0 Å². The number of nitrogens with zero attached hydrogens (tertiary/aromatic N) is 1. The molecule has 0 spiro atoms. The van der Waals surface area contributed by atoms with Crippen LogP contribution < -0.4 is 10.6 Å². The number of anilines is 2. The third kappa shape index (κ3) is 2.59. The normalized spacial score (nSPS) is 9.73. The van der Waals surface area contributed by atoms with Crippen LogP contribution in [0.15, 0.2) is 18.2 Å². The van der Waals surface area contributed by atoms with Gasteiger partial charge in [-0.3, -0.25) is 10.1 Å². The van der Waals surface area contributed by atoms with Crippen molar-refractivity contribution < 1.29 is 4.92 Å². The van der Waals surface area contributed by atoms with Gasteiger partial charge in [0.1, 0.15) is 11.4 Å². The van der Waals surface area contributed by atoms with Gasteiger partial charge in [0, 0.05) is 13.1 Å². The van der Waals surface area contributed by atoms with Crippen LogP contribution >= 0.6 is 0 Å². The van der Waals surface area contributed by atoms with Gasteiger partial charge in [0.05, 0.1) is 4.92 Å². The van der Waals surface area contributed by atoms with E-state index in [2.05, 4.69) is 10.6 Å². The second kappa shape index (κ2) is 5.19. The number of rotatable bonds is 5. The van der Waals surface area contributed by atoms with Gasteiger partial charge in [0.2, 0.25) is 0 Å². The van der Waals surface area contributed by atoms with Crippen molar-refractivity contribution in [3.8, 4) is 0 Å². The number of nitrogens with one attached hydrogen (secondary N) is 2. The molecule has 0 unspecified atom stereocenters. The number of nitro benzene ring substituents is 1. The molecule has 5 heteroatoms. The Kier molecular flexibility index (Phi) is 3.91. The summed E-state index contributed by atoms with van der Waals surface area (Å²) in [6, 6.07) is 5.22. The Morgan fingerprint density at radius 1 is 1.20 bits per heavy atom. The topological polar surface area (TPSA) is 67.2 Å². The van der Waals surface area contributed by atoms with E-state index in [4.69, 9.17) is 0 Å². The minimum atomic E-state index is -0.365. The first kappa shape index (κ1) is 11.3. The highest BCUT2D eigenvalue weighted by molar-refractivity contribution is 5.76. The van der Waals surface area contributed by atoms with Crippen molar-refractivity contribution in [1.29, 1.82) is 0 Å². The van der Waals surface area contributed by atoms with Crippen LogP contribution in [0.4, 0.5) is 17.1 Å². The fourth-order valence-electron chi connectivity index (χ4n) is 1.41. The van der Waals surface area contributed by atoms with Gasteiger partial charge >= 0.3 is 5.69 Å². The van der Waals surface area contributed by atoms with E-state index in [9.17, 15) is 10.1 Å². The fraction of sp³-hybridized carbons (Fsp3) is 0.400. The molecule has 2 N–H and O–H groups in total. The summed E-state index contributed by atoms with van der Waals surface area (Å²) in [7, 11) is 0. The van der Waals surface area contributed by atoms with Crippen molar-refractivity contribution >= 4 is 17.1 Å². The van der Waals surface area contributed by atoms with Gasteiger partial charge in [0.15, 0.2) is 0 Å². The first-order valence-electron chi connectivity index (χ1n) is 4.95. The second-order valence-electron chi connectivity index (χ2n) is 3.02. The van der Waals surface area contributed by atoms with Crippen LogP contribution in [0.2, 0.25) is 0 Å². The minimum absolute atomic E-state index is 0.112. The summed E-state index contributed by atoms with van der Waals surface area (Å²) in [5.41, 5.74) is 1.23. The molecular weight excluding hydrogens is 194 g/mol. The monoisotopic (exact) mass is 209 g/mol. The molecule has 0 bridgehead atoms. The lowest BCUT2D eigenvalue weighted by Gasteiger charge is -2.09. The third-order valence-electron chi connectivity index (χ3n) is 1.95. The number of hydrogen-bond acceptors (Lipinski definition) is 4. The molecule has 0 aliphatic heterocycles. The average Bonchev–Trinajstić information content (AvgIpc) is 2.18. The summed E-state index contributed by atoms with van der Waals surface area (Å²) in [4.78, 5) is 10.6. The van der Waals surface area contributed by atoms with Crippen molar-refractivity contribution in [2.45, 2.75) is 13.8 Å². The molecule has 0 atom stereocenters. The Morgan fingerprint density at radius 2 is 1.67 bits per heavy atom. The zero-order chi connectivity index (χ0) is 11.3. The van der Waals surface area contributed by atoms with E-state index in [0.29, 0.717) is 24.5 Å². The van der Waals surface area contributed by atoms with E-state index in [1.165, 1.54) is 0 Å². The van der Waals surface area contributed by atoms with E-state index in [0.717, 1.165) is 0 Å². The number of benzene rings is 1. The van der Waals surface area contributed by atoms with Crippen LogP contribution in [0.5, 0.6) is 0 Å². The number of nitro groups is 1. The van der Waals surface area contributed by atoms with Crippen molar-refractivity contribution in [2.24, 2.45) is 0 Å². The Morgan fingerprint density at radius 3 is 2.00 bits per heavy atom. The van der Waals surface area contributed by atoms with Crippen LogP contribution in [0.25, 0.3) is 0 Å². The van der Waals surface area contributed by atoms with Crippen LogP contribution in [0.1, 0.15) is 13.8 Å². The molecule has 0 aliphatic rings. The molecule has 0 aromatic heterocycles. The molecular formula is C10H15N3O2. The SMILES string of the molecule is CCNc1cccc(NCC)c1[N+](=O)[O-]. The molecule has 5 nitrogen and oxygen atoms in total. The first-order chi connectivity index (χ1) is 7.20. The van der Waals surface area contributed by atoms with Gasteiger partial charge in [-0.2, -0.15) is 0 Å². The van der Waals surface area contributed by atoms with Gasteiger partial charge in [-0.1, -0.05) is 6.07 Å². The first-order valence-corrected chi connectivity index (χ1v) is 4.95. The quantitative estimate of drug-likeness (QED) is 0.577. The van der Waals surface area contributed by atoms with Crippen LogP contribution in [0, 0.1) is 10.1 Å². The highest BCUT2D eigenvalue weighted by Crippen LogP contribution is 2.32. The Hall–Kier alpha value is -1.78. The van der Waals surface area contributed by atoms with E-state index in [-0.39, 0.29) is 10.6 Å². The van der Waals surface area contributed by atoms with Gasteiger partial charge < -0.3 is 10.6 Å². The highest BCUT2D eigenvalue weighted by Gasteiger charge is 2.18. The van der Waals surface area contributed by atoms with Crippen molar-refractivity contribution in [1.82, 2.24) is 0 Å². The van der Waals surface area contributed by atoms with Crippen molar-refractivity contribution in [2.75, 3.05) is 23.7 Å². The minimum Gasteiger partial charge on any atom is -0.380 e. The Bertz CT molecular complexity index is 328. The zero-order valence-electron chi connectivity index (χ0n) is 8.91. The van der Waals surface area contributed by atoms with E-state index >= 15 is 0 Å². The lowest BCUT2D eigenvalue weighted by molar-refractivity contribution is -0.383. The van der Waals surface area contributed by atoms with Crippen molar-refractivity contribution in [3.05, 3.63) is 28.3 Å². The summed E-state index contributed by atoms with van der Waals surface area (Å²) >= 11 is 0. The lowest BCUT2D eigenvalue weighted by Crippen LogP contribution is -2.05. The molecule has 0 fully saturated rings. The average molecular weight is 209 g/mol. The van der Waals surface area contributed by atoms with Gasteiger partial charge in [-0.25, -0.2) is 0 Å². The molecule has 82 valence electrons. The van der Waals surface area contributed by atoms with Crippen molar-refractivity contribution in [3.63, 3.8) is 0 Å². The lowest BCUT2D eigenvalue weighted by atomic mass is 10.2. The maximum Gasteiger partial charge on any atom is 0.315 e. The smallest absolute Gasteiger partial charge is 0.315 e. The molecule has 0 heterocycles. The summed E-state index contributed by atoms with van der Waals surface area (Å²) in [5.74, 6) is 0. The summed E-state index contributed by atoms with van der Waals surface area (Å²) in [5, 5.41) is 16.9. The molecule has 1 aromatic carbocycles. The molecule has 0 amide bonds. The Labute approximate surface area is 88.6 Å². The van der Waals surface area contributed by atoms with E-state index < -0.39 is 0 Å². The molecule has 0 radical (unpaired) electrons. The molecule has 0 aliphatic carbocycles. The number of hydrogen-bond donors (Lipinski definition) is 2. The molecule has 1 rings (SSSR count). The second-order valence-corrected chi connectivity index (χ2v) is 3.02. The van der Waals surface area contributed by atoms with Crippen LogP contribution in [-0.2, 0) is 0 Å². The molecule has 0 saturated carbocycles. The predicted octanol–water partition coefficient (Wildman–Crippen LogP) is 2.46. The van der Waals surface area contributed by atoms with Gasteiger partial charge in [-0.05, 0) is 26.0 Å². The summed E-state index contributed by atoms with van der Waals surface area (Å²) < 4.78 is 0. The maximum absolute atomic E-state index is 10.9. The molecule has 1 aromatic rings. The standard InChI is InChI=1S/C10H15N3O2/c1-3-11-8-6-5-7-9(12-4-2)10(8)13(14)15/h5-7,11-12H,3-4H2,1-2H3. The predicted molar refractivity (Wildman–Crippen MR) is 61.4 cm³/mol. The van der Waals surface area contributed by atoms with E-state index in [1.54, 1.807) is 18.2 Å². The zero-order valence-corrected chi connectivity index (χ0v) is 8.91. The summed E-state index contributed by atoms with van der Waals surface area (Å²) in [6.45, 7) is 5.14. The fourth-order valence-corrected chi connectivity index (χ4v) is 1.41. The van der Waals surface area contributed by atoms with Crippen LogP contribution in [-0.4, -0.2) is 18.0 Å². The van der Waals surface area contributed by atoms with Crippen LogP contribution in [0.3, 0.4) is 0 Å². The number of para-hydroxylation sites is 1. The van der Waals surface area contributed by atoms with Gasteiger partial charge in [-0.15, -0.1) is 0 Å². The third-order valence-corrected chi connectivity index (χ3v) is 1.95. The Balaban J connectivity index is 3.15.